The summed E-state index contributed by atoms with van der Waals surface area (Å²) in [5.41, 5.74) is 6.00. The molecule has 1 N–H and O–H groups in total. The number of amides is 1. The van der Waals surface area contributed by atoms with Crippen LogP contribution in [0.5, 0.6) is 0 Å². The van der Waals surface area contributed by atoms with E-state index >= 15 is 0 Å². The molecule has 0 bridgehead atoms. The fourth-order valence-electron chi connectivity index (χ4n) is 2.83. The number of nitrogens with zero attached hydrogens (tertiary/aromatic N) is 1. The summed E-state index contributed by atoms with van der Waals surface area (Å²) in [5, 5.41) is 3.01. The van der Waals surface area contributed by atoms with Crippen molar-refractivity contribution in [2.24, 2.45) is 0 Å². The molecule has 3 heteroatoms. The standard InChI is InChI=1S/C22H30N2O/c1-5-24(6-2)16-20-11-9-19(10-12-20)15-23-22(25)14-21-8-7-17(3)18(4)13-21/h7-13H,5-6,14-16H2,1-4H3,(H,23,25). The van der Waals surface area contributed by atoms with Crippen molar-refractivity contribution >= 4 is 5.91 Å². The van der Waals surface area contributed by atoms with E-state index in [0.29, 0.717) is 13.0 Å². The van der Waals surface area contributed by atoms with Crippen LogP contribution in [0.25, 0.3) is 0 Å². The zero-order chi connectivity index (χ0) is 18.2. The van der Waals surface area contributed by atoms with Gasteiger partial charge in [-0.1, -0.05) is 56.3 Å². The second kappa shape index (κ2) is 9.38. The highest BCUT2D eigenvalue weighted by Crippen LogP contribution is 2.11. The maximum atomic E-state index is 12.2. The molecule has 25 heavy (non-hydrogen) atoms. The van der Waals surface area contributed by atoms with Crippen LogP contribution in [-0.4, -0.2) is 23.9 Å². The number of carbonyl (C=O) groups is 1. The molecule has 0 heterocycles. The third kappa shape index (κ3) is 6.02. The summed E-state index contributed by atoms with van der Waals surface area (Å²) in [6.07, 6.45) is 0.432. The second-order valence-electron chi connectivity index (χ2n) is 6.65. The summed E-state index contributed by atoms with van der Waals surface area (Å²) >= 11 is 0. The average Bonchev–Trinajstić information content (AvgIpc) is 2.62. The first-order valence-corrected chi connectivity index (χ1v) is 9.14. The molecule has 2 rings (SSSR count). The highest BCUT2D eigenvalue weighted by molar-refractivity contribution is 5.78. The first-order valence-electron chi connectivity index (χ1n) is 9.14. The van der Waals surface area contributed by atoms with Crippen molar-refractivity contribution in [3.8, 4) is 0 Å². The third-order valence-electron chi connectivity index (χ3n) is 4.75. The number of rotatable bonds is 8. The van der Waals surface area contributed by atoms with Crippen LogP contribution < -0.4 is 5.32 Å². The predicted molar refractivity (Wildman–Crippen MR) is 105 cm³/mol. The van der Waals surface area contributed by atoms with E-state index in [1.165, 1.54) is 16.7 Å². The number of aryl methyl sites for hydroxylation is 2. The zero-order valence-corrected chi connectivity index (χ0v) is 15.9. The first kappa shape index (κ1) is 19.2. The number of carbonyl (C=O) groups excluding carboxylic acids is 1. The van der Waals surface area contributed by atoms with Crippen LogP contribution in [-0.2, 0) is 24.3 Å². The van der Waals surface area contributed by atoms with E-state index < -0.39 is 0 Å². The molecular weight excluding hydrogens is 308 g/mol. The van der Waals surface area contributed by atoms with Crippen molar-refractivity contribution in [1.29, 1.82) is 0 Å². The van der Waals surface area contributed by atoms with Crippen LogP contribution >= 0.6 is 0 Å². The maximum absolute atomic E-state index is 12.2. The SMILES string of the molecule is CCN(CC)Cc1ccc(CNC(=O)Cc2ccc(C)c(C)c2)cc1. The van der Waals surface area contributed by atoms with Crippen molar-refractivity contribution in [2.45, 2.75) is 47.2 Å². The Hall–Kier alpha value is -2.13. The van der Waals surface area contributed by atoms with E-state index in [0.717, 1.165) is 30.8 Å². The molecule has 0 fully saturated rings. The predicted octanol–water partition coefficient (Wildman–Crippen LogP) is 4.00. The van der Waals surface area contributed by atoms with Gasteiger partial charge in [0.25, 0.3) is 0 Å². The van der Waals surface area contributed by atoms with Gasteiger partial charge in [0.2, 0.25) is 5.91 Å². The van der Waals surface area contributed by atoms with Gasteiger partial charge in [-0.2, -0.15) is 0 Å². The summed E-state index contributed by atoms with van der Waals surface area (Å²) in [6.45, 7) is 12.2. The molecular formula is C22H30N2O. The Kier molecular flexibility index (Phi) is 7.20. The third-order valence-corrected chi connectivity index (χ3v) is 4.75. The molecule has 2 aromatic carbocycles. The summed E-state index contributed by atoms with van der Waals surface area (Å²) in [4.78, 5) is 14.5. The molecule has 1 amide bonds. The summed E-state index contributed by atoms with van der Waals surface area (Å²) in [7, 11) is 0. The fraction of sp³-hybridized carbons (Fsp3) is 0.409. The smallest absolute Gasteiger partial charge is 0.224 e. The van der Waals surface area contributed by atoms with Crippen molar-refractivity contribution in [3.63, 3.8) is 0 Å². The normalized spacial score (nSPS) is 10.9. The Bertz CT molecular complexity index is 688. The van der Waals surface area contributed by atoms with Crippen LogP contribution in [0, 0.1) is 13.8 Å². The minimum absolute atomic E-state index is 0.0653. The van der Waals surface area contributed by atoms with E-state index in [4.69, 9.17) is 0 Å². The van der Waals surface area contributed by atoms with E-state index in [1.807, 2.05) is 6.07 Å². The van der Waals surface area contributed by atoms with Gasteiger partial charge in [0, 0.05) is 13.1 Å². The Labute approximate surface area is 152 Å². The van der Waals surface area contributed by atoms with E-state index in [1.54, 1.807) is 0 Å². The van der Waals surface area contributed by atoms with Crippen molar-refractivity contribution in [2.75, 3.05) is 13.1 Å². The fourth-order valence-corrected chi connectivity index (χ4v) is 2.83. The molecule has 0 atom stereocenters. The number of hydrogen-bond acceptors (Lipinski definition) is 2. The van der Waals surface area contributed by atoms with Crippen LogP contribution in [0.2, 0.25) is 0 Å². The molecule has 0 aliphatic carbocycles. The summed E-state index contributed by atoms with van der Waals surface area (Å²) in [6, 6.07) is 14.7. The van der Waals surface area contributed by atoms with Gasteiger partial charge in [0.05, 0.1) is 6.42 Å². The molecule has 0 radical (unpaired) electrons. The van der Waals surface area contributed by atoms with Gasteiger partial charge in [-0.15, -0.1) is 0 Å². The monoisotopic (exact) mass is 338 g/mol. The second-order valence-corrected chi connectivity index (χ2v) is 6.65. The van der Waals surface area contributed by atoms with E-state index in [-0.39, 0.29) is 5.91 Å². The van der Waals surface area contributed by atoms with Crippen molar-refractivity contribution in [3.05, 3.63) is 70.3 Å². The van der Waals surface area contributed by atoms with E-state index in [9.17, 15) is 4.79 Å². The molecule has 0 aromatic heterocycles. The lowest BCUT2D eigenvalue weighted by Crippen LogP contribution is -2.24. The number of hydrogen-bond donors (Lipinski definition) is 1. The quantitative estimate of drug-likeness (QED) is 0.789. The topological polar surface area (TPSA) is 32.3 Å². The van der Waals surface area contributed by atoms with Crippen LogP contribution in [0.4, 0.5) is 0 Å². The van der Waals surface area contributed by atoms with Crippen LogP contribution in [0.3, 0.4) is 0 Å². The lowest BCUT2D eigenvalue weighted by molar-refractivity contribution is -0.120. The van der Waals surface area contributed by atoms with Crippen molar-refractivity contribution in [1.82, 2.24) is 10.2 Å². The average molecular weight is 338 g/mol. The Morgan fingerprint density at radius 3 is 2.08 bits per heavy atom. The lowest BCUT2D eigenvalue weighted by Gasteiger charge is -2.18. The first-order chi connectivity index (χ1) is 12.0. The minimum atomic E-state index is 0.0653. The van der Waals surface area contributed by atoms with E-state index in [2.05, 4.69) is 74.3 Å². The molecule has 0 aliphatic heterocycles. The Balaban J connectivity index is 1.84. The highest BCUT2D eigenvalue weighted by Gasteiger charge is 2.05. The van der Waals surface area contributed by atoms with Gasteiger partial charge in [0.15, 0.2) is 0 Å². The molecule has 3 nitrogen and oxygen atoms in total. The molecule has 0 unspecified atom stereocenters. The summed E-state index contributed by atoms with van der Waals surface area (Å²) < 4.78 is 0. The van der Waals surface area contributed by atoms with Gasteiger partial charge in [-0.3, -0.25) is 9.69 Å². The largest absolute Gasteiger partial charge is 0.352 e. The molecule has 0 spiro atoms. The van der Waals surface area contributed by atoms with Gasteiger partial charge < -0.3 is 5.32 Å². The van der Waals surface area contributed by atoms with Gasteiger partial charge in [0.1, 0.15) is 0 Å². The summed E-state index contributed by atoms with van der Waals surface area (Å²) in [5.74, 6) is 0.0653. The molecule has 0 saturated carbocycles. The van der Waals surface area contributed by atoms with Gasteiger partial charge in [-0.05, 0) is 54.8 Å². The highest BCUT2D eigenvalue weighted by atomic mass is 16.1. The maximum Gasteiger partial charge on any atom is 0.224 e. The Morgan fingerprint density at radius 1 is 0.880 bits per heavy atom. The number of benzene rings is 2. The van der Waals surface area contributed by atoms with Crippen molar-refractivity contribution < 1.29 is 4.79 Å². The molecule has 0 aliphatic rings. The Morgan fingerprint density at radius 2 is 1.48 bits per heavy atom. The minimum Gasteiger partial charge on any atom is -0.352 e. The van der Waals surface area contributed by atoms with Crippen LogP contribution in [0.1, 0.15) is 41.7 Å². The molecule has 0 saturated heterocycles. The zero-order valence-electron chi connectivity index (χ0n) is 15.9. The van der Waals surface area contributed by atoms with Gasteiger partial charge >= 0.3 is 0 Å². The number of nitrogens with one attached hydrogen (secondary N) is 1. The molecule has 134 valence electrons. The molecule has 2 aromatic rings. The van der Waals surface area contributed by atoms with Crippen LogP contribution in [0.15, 0.2) is 42.5 Å². The van der Waals surface area contributed by atoms with Gasteiger partial charge in [-0.25, -0.2) is 0 Å². The lowest BCUT2D eigenvalue weighted by atomic mass is 10.0.